The summed E-state index contributed by atoms with van der Waals surface area (Å²) in [5.41, 5.74) is -0.928. The van der Waals surface area contributed by atoms with E-state index in [1.807, 2.05) is 0 Å². The van der Waals surface area contributed by atoms with Crippen LogP contribution >= 0.6 is 0 Å². The maximum atomic E-state index is 13.1. The van der Waals surface area contributed by atoms with Gasteiger partial charge in [-0.1, -0.05) is 27.4 Å². The predicted octanol–water partition coefficient (Wildman–Crippen LogP) is 2.07. The van der Waals surface area contributed by atoms with Gasteiger partial charge in [-0.3, -0.25) is 4.79 Å². The van der Waals surface area contributed by atoms with Crippen LogP contribution in [0.1, 0.15) is 52.9 Å². The maximum absolute atomic E-state index is 13.1. The Labute approximate surface area is 144 Å². The Morgan fingerprint density at radius 3 is 2.38 bits per heavy atom. The van der Waals surface area contributed by atoms with Crippen molar-refractivity contribution < 1.29 is 20.1 Å². The summed E-state index contributed by atoms with van der Waals surface area (Å²) >= 11 is 0. The molecule has 4 heteroatoms. The molecule has 4 rings (SSSR count). The lowest BCUT2D eigenvalue weighted by Gasteiger charge is -2.65. The zero-order valence-electron chi connectivity index (χ0n) is 15.0. The first-order chi connectivity index (χ1) is 11.1. The van der Waals surface area contributed by atoms with Crippen LogP contribution in [0.15, 0.2) is 12.2 Å². The number of carbonyl (C=O) groups is 1. The van der Waals surface area contributed by atoms with E-state index in [0.717, 1.165) is 19.3 Å². The second kappa shape index (κ2) is 4.72. The molecule has 2 bridgehead atoms. The van der Waals surface area contributed by atoms with Gasteiger partial charge in [0.1, 0.15) is 0 Å². The second-order valence-electron chi connectivity index (χ2n) is 9.83. The van der Waals surface area contributed by atoms with Crippen molar-refractivity contribution in [1.29, 1.82) is 0 Å². The molecule has 4 aliphatic carbocycles. The summed E-state index contributed by atoms with van der Waals surface area (Å²) in [7, 11) is 0. The standard InChI is InChI=1S/C20H30O4/c1-10-12-5-6-13-19(4)9-11(21)8-18(2,3)14(19)7-15(22)20(13,16(10)23)17(12)24/h11-15,17,21-22,24H,1,5-9H2,2-4H3/t11-,12+,13+,14-,15-,17-,19+,20+/m1/s1. The van der Waals surface area contributed by atoms with E-state index >= 15 is 0 Å². The van der Waals surface area contributed by atoms with Gasteiger partial charge >= 0.3 is 0 Å². The molecule has 134 valence electrons. The van der Waals surface area contributed by atoms with Gasteiger partial charge in [0, 0.05) is 5.92 Å². The summed E-state index contributed by atoms with van der Waals surface area (Å²) in [5, 5.41) is 32.6. The highest BCUT2D eigenvalue weighted by molar-refractivity contribution is 6.04. The van der Waals surface area contributed by atoms with Gasteiger partial charge in [-0.15, -0.1) is 0 Å². The highest BCUT2D eigenvalue weighted by atomic mass is 16.3. The monoisotopic (exact) mass is 334 g/mol. The molecule has 0 aliphatic heterocycles. The van der Waals surface area contributed by atoms with Crippen LogP contribution < -0.4 is 0 Å². The van der Waals surface area contributed by atoms with E-state index in [9.17, 15) is 20.1 Å². The van der Waals surface area contributed by atoms with Crippen LogP contribution in [0.25, 0.3) is 0 Å². The molecular weight excluding hydrogens is 304 g/mol. The van der Waals surface area contributed by atoms with Gasteiger partial charge in [0.25, 0.3) is 0 Å². The van der Waals surface area contributed by atoms with Crippen LogP contribution in [0.3, 0.4) is 0 Å². The highest BCUT2D eigenvalue weighted by Gasteiger charge is 2.74. The minimum absolute atomic E-state index is 0.0878. The lowest BCUT2D eigenvalue weighted by atomic mass is 9.39. The molecule has 1 spiro atoms. The van der Waals surface area contributed by atoms with Crippen molar-refractivity contribution in [2.75, 3.05) is 0 Å². The Morgan fingerprint density at radius 1 is 1.04 bits per heavy atom. The van der Waals surface area contributed by atoms with Gasteiger partial charge < -0.3 is 15.3 Å². The van der Waals surface area contributed by atoms with E-state index in [1.54, 1.807) is 0 Å². The van der Waals surface area contributed by atoms with E-state index in [4.69, 9.17) is 0 Å². The van der Waals surface area contributed by atoms with Crippen LogP contribution in [0.5, 0.6) is 0 Å². The summed E-state index contributed by atoms with van der Waals surface area (Å²) in [4.78, 5) is 13.1. The molecule has 24 heavy (non-hydrogen) atoms. The maximum Gasteiger partial charge on any atom is 0.170 e. The van der Waals surface area contributed by atoms with Crippen LogP contribution in [0.2, 0.25) is 0 Å². The molecule has 0 radical (unpaired) electrons. The van der Waals surface area contributed by atoms with E-state index in [0.29, 0.717) is 18.4 Å². The Balaban J connectivity index is 1.88. The molecule has 4 saturated carbocycles. The van der Waals surface area contributed by atoms with Crippen molar-refractivity contribution >= 4 is 5.78 Å². The molecule has 4 nitrogen and oxygen atoms in total. The minimum atomic E-state index is -1.10. The van der Waals surface area contributed by atoms with Gasteiger partial charge in [0.2, 0.25) is 0 Å². The molecular formula is C20H30O4. The first-order valence-corrected chi connectivity index (χ1v) is 9.34. The largest absolute Gasteiger partial charge is 0.393 e. The third-order valence-electron chi connectivity index (χ3n) is 8.33. The Bertz CT molecular complexity index is 611. The van der Waals surface area contributed by atoms with E-state index in [1.165, 1.54) is 0 Å². The fraction of sp³-hybridized carbons (Fsp3) is 0.850. The number of Topliss-reactive ketones (excluding diaryl/α,β-unsaturated/α-hetero) is 1. The zero-order chi connectivity index (χ0) is 17.7. The number of aliphatic hydroxyl groups excluding tert-OH is 3. The lowest BCUT2D eigenvalue weighted by molar-refractivity contribution is -0.235. The molecule has 4 aliphatic rings. The van der Waals surface area contributed by atoms with Gasteiger partial charge in [-0.05, 0) is 60.3 Å². The van der Waals surface area contributed by atoms with Crippen molar-refractivity contribution in [3.63, 3.8) is 0 Å². The molecule has 0 amide bonds. The zero-order valence-corrected chi connectivity index (χ0v) is 15.0. The van der Waals surface area contributed by atoms with Crippen LogP contribution in [-0.2, 0) is 4.79 Å². The Morgan fingerprint density at radius 2 is 1.71 bits per heavy atom. The van der Waals surface area contributed by atoms with Gasteiger partial charge in [-0.2, -0.15) is 0 Å². The number of hydrogen-bond donors (Lipinski definition) is 3. The number of aliphatic hydroxyl groups is 3. The molecule has 3 N–H and O–H groups in total. The lowest BCUT2D eigenvalue weighted by Crippen LogP contribution is -2.68. The predicted molar refractivity (Wildman–Crippen MR) is 90.0 cm³/mol. The van der Waals surface area contributed by atoms with Crippen LogP contribution in [0.4, 0.5) is 0 Å². The van der Waals surface area contributed by atoms with E-state index in [-0.39, 0.29) is 40.5 Å². The second-order valence-corrected chi connectivity index (χ2v) is 9.83. The average molecular weight is 334 g/mol. The third kappa shape index (κ3) is 1.68. The molecule has 8 atom stereocenters. The molecule has 4 fully saturated rings. The summed E-state index contributed by atoms with van der Waals surface area (Å²) < 4.78 is 0. The van der Waals surface area contributed by atoms with Crippen molar-refractivity contribution in [1.82, 2.24) is 0 Å². The fourth-order valence-electron chi connectivity index (χ4n) is 7.60. The quantitative estimate of drug-likeness (QED) is 0.593. The summed E-state index contributed by atoms with van der Waals surface area (Å²) in [6, 6.07) is 0. The van der Waals surface area contributed by atoms with Gasteiger partial charge in [-0.25, -0.2) is 0 Å². The van der Waals surface area contributed by atoms with E-state index < -0.39 is 17.6 Å². The molecule has 0 saturated heterocycles. The van der Waals surface area contributed by atoms with Crippen molar-refractivity contribution in [2.45, 2.75) is 71.2 Å². The summed E-state index contributed by atoms with van der Waals surface area (Å²) in [5.74, 6) is -0.173. The van der Waals surface area contributed by atoms with Crippen molar-refractivity contribution in [3.05, 3.63) is 12.2 Å². The molecule has 0 heterocycles. The first kappa shape index (κ1) is 16.7. The fourth-order valence-corrected chi connectivity index (χ4v) is 7.60. The number of carbonyl (C=O) groups excluding carboxylic acids is 1. The topological polar surface area (TPSA) is 77.8 Å². The average Bonchev–Trinajstić information content (AvgIpc) is 2.58. The van der Waals surface area contributed by atoms with Gasteiger partial charge in [0.05, 0.1) is 23.7 Å². The SMILES string of the molecule is C=C1C(=O)[C@@]23[C@H](O)C[C@@H]4C(C)(C)C[C@@H](O)C[C@@]4(C)[C@@H]2CC[C@@H]1[C@H]3O. The Kier molecular flexibility index (Phi) is 3.29. The Hall–Kier alpha value is -0.710. The smallest absolute Gasteiger partial charge is 0.170 e. The molecule has 0 unspecified atom stereocenters. The van der Waals surface area contributed by atoms with Crippen molar-refractivity contribution in [3.8, 4) is 0 Å². The van der Waals surface area contributed by atoms with Crippen molar-refractivity contribution in [2.24, 2.45) is 34.0 Å². The molecule has 0 aromatic heterocycles. The molecule has 0 aromatic carbocycles. The third-order valence-corrected chi connectivity index (χ3v) is 8.33. The highest BCUT2D eigenvalue weighted by Crippen LogP contribution is 2.70. The molecule has 0 aromatic rings. The normalized spacial score (nSPS) is 55.9. The van der Waals surface area contributed by atoms with Gasteiger partial charge in [0.15, 0.2) is 5.78 Å². The van der Waals surface area contributed by atoms with Crippen LogP contribution in [0, 0.1) is 34.0 Å². The number of ketones is 1. The summed E-state index contributed by atoms with van der Waals surface area (Å²) in [6.45, 7) is 10.5. The number of hydrogen-bond acceptors (Lipinski definition) is 4. The van der Waals surface area contributed by atoms with E-state index in [2.05, 4.69) is 27.4 Å². The van der Waals surface area contributed by atoms with Crippen LogP contribution in [-0.4, -0.2) is 39.4 Å². The number of fused-ring (bicyclic) bond motifs is 3. The summed E-state index contributed by atoms with van der Waals surface area (Å²) in [6.07, 6.45) is 1.44. The number of rotatable bonds is 0. The minimum Gasteiger partial charge on any atom is -0.393 e. The first-order valence-electron chi connectivity index (χ1n) is 9.34.